The Morgan fingerprint density at radius 2 is 1.90 bits per heavy atom. The summed E-state index contributed by atoms with van der Waals surface area (Å²) in [5.41, 5.74) is 5.95. The normalized spacial score (nSPS) is 28.5. The smallest absolute Gasteiger partial charge is 0.223 e. The van der Waals surface area contributed by atoms with E-state index in [2.05, 4.69) is 22.0 Å². The molecular weight excluding hydrogens is 264 g/mol. The second kappa shape index (κ2) is 8.71. The lowest BCUT2D eigenvalue weighted by molar-refractivity contribution is -0.126. The summed E-state index contributed by atoms with van der Waals surface area (Å²) in [6, 6.07) is 0.226. The molecule has 1 amide bonds. The van der Waals surface area contributed by atoms with Crippen molar-refractivity contribution in [2.24, 2.45) is 11.7 Å². The Kier molecular flexibility index (Phi) is 6.93. The first-order valence-corrected chi connectivity index (χ1v) is 8.67. The fourth-order valence-electron chi connectivity index (χ4n) is 3.45. The summed E-state index contributed by atoms with van der Waals surface area (Å²) in [7, 11) is 0. The molecule has 0 bridgehead atoms. The largest absolute Gasteiger partial charge is 0.356 e. The lowest BCUT2D eigenvalue weighted by atomic mass is 9.85. The molecule has 1 aliphatic heterocycles. The van der Waals surface area contributed by atoms with Crippen molar-refractivity contribution in [3.8, 4) is 0 Å². The first kappa shape index (κ1) is 16.7. The molecule has 1 aliphatic carbocycles. The standard InChI is InChI=1S/C16H32N4O/c1-2-19-9-11-20(12-10-19)8-4-7-18-16(21)14-5-3-6-15(17)13-14/h14-15H,2-13,17H2,1H3,(H,18,21). The van der Waals surface area contributed by atoms with E-state index in [9.17, 15) is 4.79 Å². The maximum absolute atomic E-state index is 12.1. The molecule has 0 spiro atoms. The van der Waals surface area contributed by atoms with Crippen LogP contribution in [-0.4, -0.2) is 67.6 Å². The van der Waals surface area contributed by atoms with Crippen LogP contribution < -0.4 is 11.1 Å². The monoisotopic (exact) mass is 296 g/mol. The molecule has 0 aromatic carbocycles. The zero-order chi connectivity index (χ0) is 15.1. The second-order valence-corrected chi connectivity index (χ2v) is 6.54. The van der Waals surface area contributed by atoms with Crippen molar-refractivity contribution >= 4 is 5.91 Å². The Bertz CT molecular complexity index is 315. The second-order valence-electron chi connectivity index (χ2n) is 6.54. The molecule has 2 rings (SSSR count). The Morgan fingerprint density at radius 1 is 1.19 bits per heavy atom. The number of hydrogen-bond acceptors (Lipinski definition) is 4. The molecule has 1 saturated carbocycles. The van der Waals surface area contributed by atoms with E-state index in [1.54, 1.807) is 0 Å². The summed E-state index contributed by atoms with van der Waals surface area (Å²) in [5, 5.41) is 3.10. The van der Waals surface area contributed by atoms with E-state index >= 15 is 0 Å². The molecule has 21 heavy (non-hydrogen) atoms. The van der Waals surface area contributed by atoms with Crippen LogP contribution in [0.2, 0.25) is 0 Å². The van der Waals surface area contributed by atoms with Crippen LogP contribution >= 0.6 is 0 Å². The Balaban J connectivity index is 1.54. The van der Waals surface area contributed by atoms with E-state index in [-0.39, 0.29) is 17.9 Å². The van der Waals surface area contributed by atoms with Gasteiger partial charge in [-0.1, -0.05) is 13.3 Å². The third-order valence-electron chi connectivity index (χ3n) is 4.95. The molecule has 1 saturated heterocycles. The van der Waals surface area contributed by atoms with Gasteiger partial charge in [0.05, 0.1) is 0 Å². The number of rotatable bonds is 6. The number of carbonyl (C=O) groups is 1. The Hall–Kier alpha value is -0.650. The van der Waals surface area contributed by atoms with E-state index in [0.29, 0.717) is 0 Å². The molecule has 1 heterocycles. The van der Waals surface area contributed by atoms with E-state index in [4.69, 9.17) is 5.73 Å². The molecule has 3 N–H and O–H groups in total. The highest BCUT2D eigenvalue weighted by molar-refractivity contribution is 5.78. The first-order valence-electron chi connectivity index (χ1n) is 8.67. The van der Waals surface area contributed by atoms with E-state index in [1.807, 2.05) is 0 Å². The number of amides is 1. The molecule has 122 valence electrons. The van der Waals surface area contributed by atoms with Crippen molar-refractivity contribution in [3.05, 3.63) is 0 Å². The van der Waals surface area contributed by atoms with Crippen LogP contribution in [0.5, 0.6) is 0 Å². The van der Waals surface area contributed by atoms with Gasteiger partial charge in [0.2, 0.25) is 5.91 Å². The highest BCUT2D eigenvalue weighted by Crippen LogP contribution is 2.22. The van der Waals surface area contributed by atoms with Gasteiger partial charge in [0.25, 0.3) is 0 Å². The molecule has 2 atom stereocenters. The van der Waals surface area contributed by atoms with Crippen molar-refractivity contribution in [3.63, 3.8) is 0 Å². The van der Waals surface area contributed by atoms with Gasteiger partial charge in [-0.15, -0.1) is 0 Å². The van der Waals surface area contributed by atoms with Gasteiger partial charge in [0, 0.05) is 44.7 Å². The van der Waals surface area contributed by atoms with Crippen LogP contribution in [0.15, 0.2) is 0 Å². The van der Waals surface area contributed by atoms with Crippen LogP contribution in [-0.2, 0) is 4.79 Å². The molecule has 0 aromatic heterocycles. The highest BCUT2D eigenvalue weighted by Gasteiger charge is 2.24. The average Bonchev–Trinajstić information content (AvgIpc) is 2.52. The number of piperazine rings is 1. The fraction of sp³-hybridized carbons (Fsp3) is 0.938. The van der Waals surface area contributed by atoms with Gasteiger partial charge >= 0.3 is 0 Å². The number of carbonyl (C=O) groups excluding carboxylic acids is 1. The molecule has 0 aromatic rings. The van der Waals surface area contributed by atoms with Crippen LogP contribution in [0, 0.1) is 5.92 Å². The van der Waals surface area contributed by atoms with Gasteiger partial charge in [0.1, 0.15) is 0 Å². The van der Waals surface area contributed by atoms with Gasteiger partial charge < -0.3 is 20.9 Å². The van der Waals surface area contributed by atoms with E-state index < -0.39 is 0 Å². The van der Waals surface area contributed by atoms with Gasteiger partial charge in [-0.05, 0) is 38.8 Å². The number of likely N-dealkylation sites (N-methyl/N-ethyl adjacent to an activating group) is 1. The van der Waals surface area contributed by atoms with Gasteiger partial charge in [-0.2, -0.15) is 0 Å². The van der Waals surface area contributed by atoms with Gasteiger partial charge in [-0.25, -0.2) is 0 Å². The molecule has 5 heteroatoms. The zero-order valence-corrected chi connectivity index (χ0v) is 13.5. The number of hydrogen-bond donors (Lipinski definition) is 2. The molecular formula is C16H32N4O. The topological polar surface area (TPSA) is 61.6 Å². The molecule has 2 unspecified atom stereocenters. The number of nitrogens with two attached hydrogens (primary N) is 1. The third kappa shape index (κ3) is 5.57. The Morgan fingerprint density at radius 3 is 2.57 bits per heavy atom. The number of nitrogens with one attached hydrogen (secondary N) is 1. The van der Waals surface area contributed by atoms with Crippen molar-refractivity contribution in [1.82, 2.24) is 15.1 Å². The molecule has 2 aliphatic rings. The summed E-state index contributed by atoms with van der Waals surface area (Å²) in [6.45, 7) is 9.99. The summed E-state index contributed by atoms with van der Waals surface area (Å²) < 4.78 is 0. The maximum atomic E-state index is 12.1. The molecule has 0 radical (unpaired) electrons. The maximum Gasteiger partial charge on any atom is 0.223 e. The van der Waals surface area contributed by atoms with E-state index in [1.165, 1.54) is 26.2 Å². The lowest BCUT2D eigenvalue weighted by Crippen LogP contribution is -2.46. The van der Waals surface area contributed by atoms with Crippen molar-refractivity contribution < 1.29 is 4.79 Å². The minimum Gasteiger partial charge on any atom is -0.356 e. The van der Waals surface area contributed by atoms with E-state index in [0.717, 1.165) is 51.7 Å². The zero-order valence-electron chi connectivity index (χ0n) is 13.5. The summed E-state index contributed by atoms with van der Waals surface area (Å²) >= 11 is 0. The number of nitrogens with zero attached hydrogens (tertiary/aromatic N) is 2. The van der Waals surface area contributed by atoms with Crippen molar-refractivity contribution in [2.45, 2.75) is 45.1 Å². The molecule has 2 fully saturated rings. The third-order valence-corrected chi connectivity index (χ3v) is 4.95. The lowest BCUT2D eigenvalue weighted by Gasteiger charge is -2.34. The van der Waals surface area contributed by atoms with Crippen LogP contribution in [0.3, 0.4) is 0 Å². The minimum atomic E-state index is 0.154. The summed E-state index contributed by atoms with van der Waals surface area (Å²) in [6.07, 6.45) is 5.11. The van der Waals surface area contributed by atoms with Gasteiger partial charge in [-0.3, -0.25) is 4.79 Å². The predicted molar refractivity (Wildman–Crippen MR) is 86.1 cm³/mol. The van der Waals surface area contributed by atoms with Crippen LogP contribution in [0.4, 0.5) is 0 Å². The average molecular weight is 296 g/mol. The fourth-order valence-corrected chi connectivity index (χ4v) is 3.45. The Labute approximate surface area is 129 Å². The van der Waals surface area contributed by atoms with Crippen LogP contribution in [0.25, 0.3) is 0 Å². The SMILES string of the molecule is CCN1CCN(CCCNC(=O)C2CCCC(N)C2)CC1. The van der Waals surface area contributed by atoms with Gasteiger partial charge in [0.15, 0.2) is 0 Å². The highest BCUT2D eigenvalue weighted by atomic mass is 16.1. The predicted octanol–water partition coefficient (Wildman–Crippen LogP) is 0.648. The summed E-state index contributed by atoms with van der Waals surface area (Å²) in [4.78, 5) is 17.1. The van der Waals surface area contributed by atoms with Crippen LogP contribution in [0.1, 0.15) is 39.0 Å². The quantitative estimate of drug-likeness (QED) is 0.707. The minimum absolute atomic E-state index is 0.154. The first-order chi connectivity index (χ1) is 10.2. The van der Waals surface area contributed by atoms with Crippen molar-refractivity contribution in [1.29, 1.82) is 0 Å². The summed E-state index contributed by atoms with van der Waals surface area (Å²) in [5.74, 6) is 0.378. The molecule has 5 nitrogen and oxygen atoms in total. The van der Waals surface area contributed by atoms with Crippen molar-refractivity contribution in [2.75, 3.05) is 45.8 Å².